The van der Waals surface area contributed by atoms with E-state index < -0.39 is 0 Å². The minimum atomic E-state index is -0.334. The first-order valence-electron chi connectivity index (χ1n) is 9.27. The van der Waals surface area contributed by atoms with Crippen LogP contribution in [0.5, 0.6) is 0 Å². The molecule has 3 aromatic carbocycles. The van der Waals surface area contributed by atoms with Crippen molar-refractivity contribution in [3.63, 3.8) is 0 Å². The Bertz CT molecular complexity index is 1060. The first-order valence-corrected chi connectivity index (χ1v) is 10.5. The number of hydrogen-bond donors (Lipinski definition) is 3. The molecule has 0 aliphatic rings. The number of para-hydroxylation sites is 1. The van der Waals surface area contributed by atoms with Crippen LogP contribution in [0.2, 0.25) is 0 Å². The van der Waals surface area contributed by atoms with Gasteiger partial charge in [0.2, 0.25) is 0 Å². The SMILES string of the molecule is CC(NC(=O)c1ccccc1NC(=S)NC(=O)c1ccc(Br)cc1)c1ccccc1. The highest BCUT2D eigenvalue weighted by atomic mass is 79.9. The van der Waals surface area contributed by atoms with Crippen molar-refractivity contribution in [1.82, 2.24) is 10.6 Å². The van der Waals surface area contributed by atoms with Crippen LogP contribution in [0.1, 0.15) is 39.2 Å². The van der Waals surface area contributed by atoms with Gasteiger partial charge in [0, 0.05) is 10.0 Å². The first-order chi connectivity index (χ1) is 14.4. The van der Waals surface area contributed by atoms with E-state index in [0.717, 1.165) is 10.0 Å². The first kappa shape index (κ1) is 21.7. The van der Waals surface area contributed by atoms with Crippen LogP contribution in [-0.2, 0) is 0 Å². The molecule has 0 heterocycles. The molecule has 0 radical (unpaired) electrons. The van der Waals surface area contributed by atoms with Crippen LogP contribution in [0.25, 0.3) is 0 Å². The van der Waals surface area contributed by atoms with Crippen molar-refractivity contribution in [1.29, 1.82) is 0 Å². The molecule has 0 aliphatic heterocycles. The highest BCUT2D eigenvalue weighted by molar-refractivity contribution is 9.10. The highest BCUT2D eigenvalue weighted by Gasteiger charge is 2.16. The molecule has 0 fully saturated rings. The predicted octanol–water partition coefficient (Wildman–Crippen LogP) is 5.07. The molecule has 3 rings (SSSR count). The summed E-state index contributed by atoms with van der Waals surface area (Å²) in [6.07, 6.45) is 0. The lowest BCUT2D eigenvalue weighted by Gasteiger charge is -2.17. The maximum atomic E-state index is 12.8. The van der Waals surface area contributed by atoms with Gasteiger partial charge in [-0.15, -0.1) is 0 Å². The number of carbonyl (C=O) groups is 2. The Kier molecular flexibility index (Phi) is 7.32. The summed E-state index contributed by atoms with van der Waals surface area (Å²) in [5.41, 5.74) is 2.43. The Morgan fingerprint density at radius 3 is 2.20 bits per heavy atom. The van der Waals surface area contributed by atoms with Crippen molar-refractivity contribution in [2.45, 2.75) is 13.0 Å². The normalized spacial score (nSPS) is 11.3. The second-order valence-electron chi connectivity index (χ2n) is 6.57. The predicted molar refractivity (Wildman–Crippen MR) is 127 cm³/mol. The van der Waals surface area contributed by atoms with Gasteiger partial charge in [-0.1, -0.05) is 58.4 Å². The minimum Gasteiger partial charge on any atom is -0.345 e. The monoisotopic (exact) mass is 481 g/mol. The molecule has 0 saturated carbocycles. The van der Waals surface area contributed by atoms with Crippen molar-refractivity contribution in [3.8, 4) is 0 Å². The number of nitrogens with one attached hydrogen (secondary N) is 3. The Balaban J connectivity index is 1.67. The lowest BCUT2D eigenvalue weighted by atomic mass is 10.1. The van der Waals surface area contributed by atoms with E-state index in [1.807, 2.05) is 37.3 Å². The van der Waals surface area contributed by atoms with Gasteiger partial charge in [-0.2, -0.15) is 0 Å². The minimum absolute atomic E-state index is 0.110. The van der Waals surface area contributed by atoms with Gasteiger partial charge in [0.05, 0.1) is 17.3 Å². The third kappa shape index (κ3) is 5.75. The van der Waals surface area contributed by atoms with Gasteiger partial charge < -0.3 is 10.6 Å². The topological polar surface area (TPSA) is 70.2 Å². The molecule has 0 bridgehead atoms. The van der Waals surface area contributed by atoms with E-state index in [1.54, 1.807) is 48.5 Å². The summed E-state index contributed by atoms with van der Waals surface area (Å²) >= 11 is 8.60. The zero-order valence-electron chi connectivity index (χ0n) is 16.2. The van der Waals surface area contributed by atoms with Crippen LogP contribution in [0.4, 0.5) is 5.69 Å². The largest absolute Gasteiger partial charge is 0.345 e. The van der Waals surface area contributed by atoms with Crippen LogP contribution in [0.3, 0.4) is 0 Å². The van der Waals surface area contributed by atoms with Gasteiger partial charge in [0.1, 0.15) is 0 Å². The third-order valence-corrected chi connectivity index (χ3v) is 5.13. The second kappa shape index (κ2) is 10.1. The fourth-order valence-corrected chi connectivity index (χ4v) is 3.29. The van der Waals surface area contributed by atoms with Gasteiger partial charge in [-0.05, 0) is 61.1 Å². The van der Waals surface area contributed by atoms with Crippen molar-refractivity contribution in [2.75, 3.05) is 5.32 Å². The zero-order chi connectivity index (χ0) is 21.5. The van der Waals surface area contributed by atoms with Crippen LogP contribution in [0, 0.1) is 0 Å². The van der Waals surface area contributed by atoms with Gasteiger partial charge in [0.25, 0.3) is 11.8 Å². The molecule has 1 atom stereocenters. The molecule has 2 amide bonds. The summed E-state index contributed by atoms with van der Waals surface area (Å²) in [6.45, 7) is 1.92. The van der Waals surface area contributed by atoms with Crippen molar-refractivity contribution < 1.29 is 9.59 Å². The van der Waals surface area contributed by atoms with Gasteiger partial charge in [-0.3, -0.25) is 14.9 Å². The molecular formula is C23H20BrN3O2S. The zero-order valence-corrected chi connectivity index (χ0v) is 18.6. The molecule has 0 spiro atoms. The van der Waals surface area contributed by atoms with E-state index in [-0.39, 0.29) is 23.0 Å². The van der Waals surface area contributed by atoms with E-state index >= 15 is 0 Å². The number of halogens is 1. The van der Waals surface area contributed by atoms with E-state index in [0.29, 0.717) is 16.8 Å². The quantitative estimate of drug-likeness (QED) is 0.445. The molecule has 5 nitrogen and oxygen atoms in total. The fraction of sp³-hybridized carbons (Fsp3) is 0.0870. The van der Waals surface area contributed by atoms with Crippen LogP contribution < -0.4 is 16.0 Å². The summed E-state index contributed by atoms with van der Waals surface area (Å²) in [6, 6.07) is 23.5. The Morgan fingerprint density at radius 1 is 0.867 bits per heavy atom. The molecule has 30 heavy (non-hydrogen) atoms. The van der Waals surface area contributed by atoms with Crippen LogP contribution in [0.15, 0.2) is 83.3 Å². The van der Waals surface area contributed by atoms with Gasteiger partial charge in [0.15, 0.2) is 5.11 Å². The van der Waals surface area contributed by atoms with Crippen molar-refractivity contribution in [3.05, 3.63) is 100 Å². The van der Waals surface area contributed by atoms with Crippen molar-refractivity contribution >= 4 is 50.8 Å². The van der Waals surface area contributed by atoms with Crippen LogP contribution in [-0.4, -0.2) is 16.9 Å². The average Bonchev–Trinajstić information content (AvgIpc) is 2.75. The number of amides is 2. The van der Waals surface area contributed by atoms with E-state index in [9.17, 15) is 9.59 Å². The molecular weight excluding hydrogens is 462 g/mol. The summed E-state index contributed by atoms with van der Waals surface area (Å²) in [5, 5.41) is 8.67. The average molecular weight is 482 g/mol. The molecule has 152 valence electrons. The number of anilines is 1. The lowest BCUT2D eigenvalue weighted by molar-refractivity contribution is 0.0939. The van der Waals surface area contributed by atoms with Gasteiger partial charge >= 0.3 is 0 Å². The summed E-state index contributed by atoms with van der Waals surface area (Å²) in [7, 11) is 0. The standard InChI is InChI=1S/C23H20BrN3O2S/c1-15(16-7-3-2-4-8-16)25-22(29)19-9-5-6-10-20(19)26-23(30)27-21(28)17-11-13-18(24)14-12-17/h2-15H,1H3,(H,25,29)(H2,26,27,28,30). The Morgan fingerprint density at radius 2 is 1.50 bits per heavy atom. The summed E-state index contributed by atoms with van der Waals surface area (Å²) in [5.74, 6) is -0.573. The maximum Gasteiger partial charge on any atom is 0.257 e. The van der Waals surface area contributed by atoms with Crippen molar-refractivity contribution in [2.24, 2.45) is 0 Å². The fourth-order valence-electron chi connectivity index (χ4n) is 2.82. The lowest BCUT2D eigenvalue weighted by Crippen LogP contribution is -2.35. The molecule has 1 unspecified atom stereocenters. The van der Waals surface area contributed by atoms with E-state index in [1.165, 1.54) is 0 Å². The molecule has 3 N–H and O–H groups in total. The number of carbonyl (C=O) groups excluding carboxylic acids is 2. The highest BCUT2D eigenvalue weighted by Crippen LogP contribution is 2.18. The maximum absolute atomic E-state index is 12.8. The summed E-state index contributed by atoms with van der Waals surface area (Å²) < 4.78 is 0.879. The number of rotatable bonds is 5. The summed E-state index contributed by atoms with van der Waals surface area (Å²) in [4.78, 5) is 25.2. The van der Waals surface area contributed by atoms with E-state index in [4.69, 9.17) is 12.2 Å². The Hall–Kier alpha value is -3.03. The third-order valence-electron chi connectivity index (χ3n) is 4.40. The van der Waals surface area contributed by atoms with Crippen LogP contribution >= 0.6 is 28.1 Å². The van der Waals surface area contributed by atoms with Gasteiger partial charge in [-0.25, -0.2) is 0 Å². The molecule has 3 aromatic rings. The molecule has 0 aromatic heterocycles. The molecule has 0 saturated heterocycles. The molecule has 0 aliphatic carbocycles. The smallest absolute Gasteiger partial charge is 0.257 e. The van der Waals surface area contributed by atoms with E-state index in [2.05, 4.69) is 31.9 Å². The molecule has 7 heteroatoms. The second-order valence-corrected chi connectivity index (χ2v) is 7.89. The number of benzene rings is 3. The number of thiocarbonyl (C=S) groups is 1. The number of hydrogen-bond acceptors (Lipinski definition) is 3. The Labute approximate surface area is 189 Å².